The van der Waals surface area contributed by atoms with Crippen molar-refractivity contribution in [2.75, 3.05) is 5.32 Å². The second-order valence-corrected chi connectivity index (χ2v) is 4.36. The Morgan fingerprint density at radius 1 is 1.16 bits per heavy atom. The number of nitrogens with one attached hydrogen (secondary N) is 2. The number of amides is 1. The number of benzene rings is 1. The summed E-state index contributed by atoms with van der Waals surface area (Å²) in [5.41, 5.74) is 1.94. The normalized spacial score (nSPS) is 10.6. The minimum atomic E-state index is -0.320. The lowest BCUT2D eigenvalue weighted by Crippen LogP contribution is -2.14. The van der Waals surface area contributed by atoms with Gasteiger partial charge in [0.25, 0.3) is 5.91 Å². The summed E-state index contributed by atoms with van der Waals surface area (Å²) >= 11 is 5.62. The molecule has 6 heteroatoms. The first kappa shape index (κ1) is 11.7. The molecule has 0 atom stereocenters. The Kier molecular flexibility index (Phi) is 2.89. The molecule has 0 saturated heterocycles. The van der Waals surface area contributed by atoms with Crippen molar-refractivity contribution < 1.29 is 4.79 Å². The summed E-state index contributed by atoms with van der Waals surface area (Å²) in [7, 11) is 0. The Balaban J connectivity index is 1.83. The predicted molar refractivity (Wildman–Crippen MR) is 73.3 cm³/mol. The molecule has 0 radical (unpaired) electrons. The Morgan fingerprint density at radius 3 is 2.84 bits per heavy atom. The van der Waals surface area contributed by atoms with Crippen LogP contribution in [0.2, 0.25) is 5.15 Å². The van der Waals surface area contributed by atoms with Crippen LogP contribution in [0.3, 0.4) is 0 Å². The Bertz CT molecular complexity index is 736. The zero-order valence-corrected chi connectivity index (χ0v) is 10.5. The molecule has 5 nitrogen and oxygen atoms in total. The number of H-pyrrole nitrogens is 1. The van der Waals surface area contributed by atoms with Gasteiger partial charge in [-0.3, -0.25) is 4.79 Å². The van der Waals surface area contributed by atoms with E-state index in [1.54, 1.807) is 0 Å². The molecule has 0 saturated carbocycles. The summed E-state index contributed by atoms with van der Waals surface area (Å²) in [5, 5.41) is 11.4. The first-order valence-electron chi connectivity index (χ1n) is 5.60. The largest absolute Gasteiger partial charge is 0.361 e. The highest BCUT2D eigenvalue weighted by Crippen LogP contribution is 2.18. The van der Waals surface area contributed by atoms with Crippen LogP contribution in [-0.2, 0) is 0 Å². The molecule has 3 rings (SSSR count). The lowest BCUT2D eigenvalue weighted by Gasteiger charge is -2.04. The van der Waals surface area contributed by atoms with Gasteiger partial charge in [0, 0.05) is 22.8 Å². The summed E-state index contributed by atoms with van der Waals surface area (Å²) in [6.07, 6.45) is 1.85. The second kappa shape index (κ2) is 4.70. The molecular weight excluding hydrogens is 264 g/mol. The topological polar surface area (TPSA) is 70.7 Å². The maximum absolute atomic E-state index is 11.9. The zero-order valence-electron chi connectivity index (χ0n) is 9.72. The minimum Gasteiger partial charge on any atom is -0.361 e. The van der Waals surface area contributed by atoms with Crippen molar-refractivity contribution in [2.45, 2.75) is 0 Å². The van der Waals surface area contributed by atoms with Gasteiger partial charge >= 0.3 is 0 Å². The number of nitrogens with zero attached hydrogens (tertiary/aromatic N) is 2. The van der Waals surface area contributed by atoms with Crippen molar-refractivity contribution in [3.8, 4) is 0 Å². The minimum absolute atomic E-state index is 0.221. The summed E-state index contributed by atoms with van der Waals surface area (Å²) in [6, 6.07) is 10.6. The molecule has 0 aliphatic rings. The molecular formula is C13H9ClN4O. The highest BCUT2D eigenvalue weighted by molar-refractivity contribution is 6.29. The van der Waals surface area contributed by atoms with E-state index in [1.807, 2.05) is 30.5 Å². The molecule has 0 unspecified atom stereocenters. The van der Waals surface area contributed by atoms with Crippen LogP contribution >= 0.6 is 11.6 Å². The number of rotatable bonds is 2. The van der Waals surface area contributed by atoms with E-state index in [0.29, 0.717) is 5.69 Å². The molecule has 0 fully saturated rings. The molecule has 0 spiro atoms. The smallest absolute Gasteiger partial charge is 0.276 e. The molecule has 0 bridgehead atoms. The van der Waals surface area contributed by atoms with Crippen LogP contribution in [0.15, 0.2) is 42.6 Å². The van der Waals surface area contributed by atoms with Crippen molar-refractivity contribution in [3.05, 3.63) is 53.4 Å². The maximum Gasteiger partial charge on any atom is 0.276 e. The van der Waals surface area contributed by atoms with Crippen LogP contribution in [0.4, 0.5) is 5.69 Å². The number of halogens is 1. The van der Waals surface area contributed by atoms with Gasteiger partial charge in [0.15, 0.2) is 10.8 Å². The lowest BCUT2D eigenvalue weighted by molar-refractivity contribution is 0.102. The molecule has 1 aromatic carbocycles. The maximum atomic E-state index is 11.9. The van der Waals surface area contributed by atoms with Crippen molar-refractivity contribution in [1.29, 1.82) is 0 Å². The summed E-state index contributed by atoms with van der Waals surface area (Å²) in [6.45, 7) is 0. The van der Waals surface area contributed by atoms with Gasteiger partial charge < -0.3 is 10.3 Å². The molecule has 0 aliphatic carbocycles. The highest BCUT2D eigenvalue weighted by Gasteiger charge is 2.08. The monoisotopic (exact) mass is 272 g/mol. The standard InChI is InChI=1S/C13H9ClN4O/c14-12-4-3-11(17-18-12)13(19)16-9-1-2-10-8(7-9)5-6-15-10/h1-7,15H,(H,16,19). The fraction of sp³-hybridized carbons (Fsp3) is 0. The van der Waals surface area contributed by atoms with Crippen LogP contribution in [0.5, 0.6) is 0 Å². The zero-order chi connectivity index (χ0) is 13.2. The third kappa shape index (κ3) is 2.41. The number of aromatic nitrogens is 3. The van der Waals surface area contributed by atoms with Crippen LogP contribution in [0.1, 0.15) is 10.5 Å². The van der Waals surface area contributed by atoms with E-state index in [9.17, 15) is 4.79 Å². The van der Waals surface area contributed by atoms with Crippen LogP contribution in [-0.4, -0.2) is 21.1 Å². The number of hydrogen-bond acceptors (Lipinski definition) is 3. The van der Waals surface area contributed by atoms with Crippen LogP contribution in [0.25, 0.3) is 10.9 Å². The van der Waals surface area contributed by atoms with Gasteiger partial charge in [0.05, 0.1) is 0 Å². The van der Waals surface area contributed by atoms with Gasteiger partial charge in [0.2, 0.25) is 0 Å². The predicted octanol–water partition coefficient (Wildman–Crippen LogP) is 2.86. The molecule has 2 N–H and O–H groups in total. The van der Waals surface area contributed by atoms with E-state index in [-0.39, 0.29) is 16.8 Å². The van der Waals surface area contributed by atoms with E-state index in [2.05, 4.69) is 20.5 Å². The van der Waals surface area contributed by atoms with E-state index >= 15 is 0 Å². The quantitative estimate of drug-likeness (QED) is 0.753. The van der Waals surface area contributed by atoms with E-state index < -0.39 is 0 Å². The van der Waals surface area contributed by atoms with Crippen LogP contribution < -0.4 is 5.32 Å². The number of carbonyl (C=O) groups excluding carboxylic acids is 1. The first-order chi connectivity index (χ1) is 9.22. The fourth-order valence-corrected chi connectivity index (χ4v) is 1.86. The van der Waals surface area contributed by atoms with Crippen molar-refractivity contribution in [1.82, 2.24) is 15.2 Å². The van der Waals surface area contributed by atoms with Gasteiger partial charge in [-0.2, -0.15) is 0 Å². The average molecular weight is 273 g/mol. The number of aromatic amines is 1. The van der Waals surface area contributed by atoms with Crippen molar-refractivity contribution in [3.63, 3.8) is 0 Å². The molecule has 0 aliphatic heterocycles. The van der Waals surface area contributed by atoms with E-state index in [4.69, 9.17) is 11.6 Å². The summed E-state index contributed by atoms with van der Waals surface area (Å²) < 4.78 is 0. The molecule has 2 heterocycles. The molecule has 94 valence electrons. The number of anilines is 1. The number of hydrogen-bond donors (Lipinski definition) is 2. The Morgan fingerprint density at radius 2 is 2.05 bits per heavy atom. The van der Waals surface area contributed by atoms with Gasteiger partial charge in [-0.05, 0) is 36.4 Å². The first-order valence-corrected chi connectivity index (χ1v) is 5.98. The molecule has 2 aromatic heterocycles. The fourth-order valence-electron chi connectivity index (χ4n) is 1.76. The lowest BCUT2D eigenvalue weighted by atomic mass is 10.2. The van der Waals surface area contributed by atoms with Gasteiger partial charge in [0.1, 0.15) is 0 Å². The van der Waals surface area contributed by atoms with Gasteiger partial charge in [-0.15, -0.1) is 10.2 Å². The highest BCUT2D eigenvalue weighted by atomic mass is 35.5. The third-order valence-corrected chi connectivity index (χ3v) is 2.88. The summed E-state index contributed by atoms with van der Waals surface area (Å²) in [5.74, 6) is -0.320. The molecule has 1 amide bonds. The van der Waals surface area contributed by atoms with Crippen molar-refractivity contribution in [2.24, 2.45) is 0 Å². The molecule has 19 heavy (non-hydrogen) atoms. The average Bonchev–Trinajstić information content (AvgIpc) is 2.87. The van der Waals surface area contributed by atoms with Gasteiger partial charge in [-0.1, -0.05) is 11.6 Å². The van der Waals surface area contributed by atoms with E-state index in [1.165, 1.54) is 12.1 Å². The Labute approximate surface area is 113 Å². The van der Waals surface area contributed by atoms with Crippen molar-refractivity contribution >= 4 is 34.1 Å². The second-order valence-electron chi connectivity index (χ2n) is 3.98. The number of carbonyl (C=O) groups is 1. The molecule has 3 aromatic rings. The van der Waals surface area contributed by atoms with Crippen LogP contribution in [0, 0.1) is 0 Å². The summed E-state index contributed by atoms with van der Waals surface area (Å²) in [4.78, 5) is 15.0. The van der Waals surface area contributed by atoms with Gasteiger partial charge in [-0.25, -0.2) is 0 Å². The Hall–Kier alpha value is -2.40. The number of fused-ring (bicyclic) bond motifs is 1. The third-order valence-electron chi connectivity index (χ3n) is 2.68. The SMILES string of the molecule is O=C(Nc1ccc2[nH]ccc2c1)c1ccc(Cl)nn1. The van der Waals surface area contributed by atoms with E-state index in [0.717, 1.165) is 10.9 Å².